The minimum absolute atomic E-state index is 0.153. The van der Waals surface area contributed by atoms with Gasteiger partial charge in [0, 0.05) is 18.6 Å². The molecule has 1 aromatic carbocycles. The van der Waals surface area contributed by atoms with Crippen molar-refractivity contribution in [3.8, 4) is 0 Å². The number of halogens is 1. The Morgan fingerprint density at radius 1 is 1.10 bits per heavy atom. The maximum atomic E-state index is 14.4. The molecule has 1 saturated heterocycles. The predicted molar refractivity (Wildman–Crippen MR) is 78.4 cm³/mol. The molecule has 2 aliphatic rings. The van der Waals surface area contributed by atoms with E-state index in [0.717, 1.165) is 44.3 Å². The first-order valence-corrected chi connectivity index (χ1v) is 7.61. The summed E-state index contributed by atoms with van der Waals surface area (Å²) in [5.74, 6) is -0.153. The molecule has 2 N–H and O–H groups in total. The maximum absolute atomic E-state index is 14.4. The van der Waals surface area contributed by atoms with Gasteiger partial charge in [-0.05, 0) is 30.5 Å². The lowest BCUT2D eigenvalue weighted by atomic mass is 9.77. The molecule has 0 spiro atoms. The zero-order valence-electron chi connectivity index (χ0n) is 11.9. The van der Waals surface area contributed by atoms with Crippen LogP contribution in [0.1, 0.15) is 37.7 Å². The highest BCUT2D eigenvalue weighted by Crippen LogP contribution is 2.36. The average molecular weight is 278 g/mol. The summed E-state index contributed by atoms with van der Waals surface area (Å²) in [6.45, 7) is 2.85. The summed E-state index contributed by atoms with van der Waals surface area (Å²) in [5.41, 5.74) is 7.77. The van der Waals surface area contributed by atoms with E-state index in [4.69, 9.17) is 10.5 Å². The molecule has 1 heterocycles. The summed E-state index contributed by atoms with van der Waals surface area (Å²) < 4.78 is 19.7. The van der Waals surface area contributed by atoms with Crippen LogP contribution in [0.5, 0.6) is 0 Å². The monoisotopic (exact) mass is 278 g/mol. The first kappa shape index (κ1) is 13.8. The van der Waals surface area contributed by atoms with Gasteiger partial charge in [-0.3, -0.25) is 0 Å². The van der Waals surface area contributed by atoms with E-state index in [1.807, 2.05) is 17.0 Å². The Balaban J connectivity index is 1.83. The van der Waals surface area contributed by atoms with Crippen molar-refractivity contribution in [1.82, 2.24) is 0 Å². The Morgan fingerprint density at radius 3 is 2.45 bits per heavy atom. The van der Waals surface area contributed by atoms with Crippen molar-refractivity contribution in [3.05, 3.63) is 29.6 Å². The molecule has 0 unspecified atom stereocenters. The Morgan fingerprint density at radius 2 is 1.80 bits per heavy atom. The van der Waals surface area contributed by atoms with Crippen LogP contribution in [0.4, 0.5) is 10.1 Å². The van der Waals surface area contributed by atoms with Crippen molar-refractivity contribution in [2.75, 3.05) is 31.2 Å². The van der Waals surface area contributed by atoms with E-state index in [2.05, 4.69) is 0 Å². The average Bonchev–Trinajstić information content (AvgIpc) is 2.49. The molecule has 2 fully saturated rings. The summed E-state index contributed by atoms with van der Waals surface area (Å²) in [6.07, 6.45) is 5.45. The second kappa shape index (κ2) is 5.70. The van der Waals surface area contributed by atoms with Crippen molar-refractivity contribution in [2.45, 2.75) is 37.6 Å². The molecule has 1 aliphatic heterocycles. The van der Waals surface area contributed by atoms with Gasteiger partial charge in [0.1, 0.15) is 5.82 Å². The number of nitrogens with two attached hydrogens (primary N) is 1. The molecular formula is C16H23FN2O. The number of nitrogens with zero attached hydrogens (tertiary/aromatic N) is 1. The Bertz CT molecular complexity index is 466. The SMILES string of the molecule is NC1(c2ccc(N3CCOCC3)c(F)c2)CCCCC1. The normalized spacial score (nSPS) is 22.8. The molecule has 0 aromatic heterocycles. The van der Waals surface area contributed by atoms with Gasteiger partial charge in [0.25, 0.3) is 0 Å². The number of hydrogen-bond acceptors (Lipinski definition) is 3. The third-order valence-corrected chi connectivity index (χ3v) is 4.62. The van der Waals surface area contributed by atoms with Crippen LogP contribution in [-0.2, 0) is 10.3 Å². The topological polar surface area (TPSA) is 38.5 Å². The van der Waals surface area contributed by atoms with Crippen LogP contribution in [0, 0.1) is 5.82 Å². The second-order valence-electron chi connectivity index (χ2n) is 5.98. The van der Waals surface area contributed by atoms with Gasteiger partial charge < -0.3 is 15.4 Å². The van der Waals surface area contributed by atoms with Crippen molar-refractivity contribution in [2.24, 2.45) is 5.73 Å². The van der Waals surface area contributed by atoms with E-state index in [1.54, 1.807) is 6.07 Å². The molecule has 0 bridgehead atoms. The van der Waals surface area contributed by atoms with Crippen LogP contribution < -0.4 is 10.6 Å². The van der Waals surface area contributed by atoms with Gasteiger partial charge >= 0.3 is 0 Å². The molecular weight excluding hydrogens is 255 g/mol. The van der Waals surface area contributed by atoms with Crippen LogP contribution in [-0.4, -0.2) is 26.3 Å². The molecule has 110 valence electrons. The van der Waals surface area contributed by atoms with E-state index in [-0.39, 0.29) is 11.4 Å². The van der Waals surface area contributed by atoms with Gasteiger partial charge in [-0.25, -0.2) is 4.39 Å². The van der Waals surface area contributed by atoms with Gasteiger partial charge in [0.2, 0.25) is 0 Å². The van der Waals surface area contributed by atoms with Crippen LogP contribution in [0.2, 0.25) is 0 Å². The summed E-state index contributed by atoms with van der Waals surface area (Å²) in [6, 6.07) is 5.55. The lowest BCUT2D eigenvalue weighted by Gasteiger charge is -2.35. The van der Waals surface area contributed by atoms with Gasteiger partial charge in [-0.1, -0.05) is 25.3 Å². The van der Waals surface area contributed by atoms with Crippen molar-refractivity contribution in [1.29, 1.82) is 0 Å². The fourth-order valence-electron chi connectivity index (χ4n) is 3.35. The summed E-state index contributed by atoms with van der Waals surface area (Å²) in [7, 11) is 0. The van der Waals surface area contributed by atoms with Gasteiger partial charge in [0.15, 0.2) is 0 Å². The van der Waals surface area contributed by atoms with Crippen LogP contribution >= 0.6 is 0 Å². The summed E-state index contributed by atoms with van der Waals surface area (Å²) in [5, 5.41) is 0. The molecule has 1 aliphatic carbocycles. The zero-order chi connectivity index (χ0) is 14.0. The first-order chi connectivity index (χ1) is 9.69. The number of ether oxygens (including phenoxy) is 1. The third-order valence-electron chi connectivity index (χ3n) is 4.62. The van der Waals surface area contributed by atoms with Crippen LogP contribution in [0.3, 0.4) is 0 Å². The number of rotatable bonds is 2. The number of hydrogen-bond donors (Lipinski definition) is 1. The molecule has 0 atom stereocenters. The Labute approximate surface area is 119 Å². The molecule has 3 nitrogen and oxygen atoms in total. The molecule has 3 rings (SSSR count). The minimum Gasteiger partial charge on any atom is -0.378 e. The van der Waals surface area contributed by atoms with Crippen molar-refractivity contribution in [3.63, 3.8) is 0 Å². The molecule has 0 radical (unpaired) electrons. The van der Waals surface area contributed by atoms with E-state index < -0.39 is 0 Å². The predicted octanol–water partition coefficient (Wildman–Crippen LogP) is 2.78. The largest absolute Gasteiger partial charge is 0.378 e. The number of benzene rings is 1. The van der Waals surface area contributed by atoms with Crippen molar-refractivity contribution >= 4 is 5.69 Å². The zero-order valence-corrected chi connectivity index (χ0v) is 11.9. The minimum atomic E-state index is -0.331. The van der Waals surface area contributed by atoms with Gasteiger partial charge in [0.05, 0.1) is 18.9 Å². The Kier molecular flexibility index (Phi) is 3.94. The van der Waals surface area contributed by atoms with E-state index >= 15 is 0 Å². The lowest BCUT2D eigenvalue weighted by Crippen LogP contribution is -2.39. The maximum Gasteiger partial charge on any atom is 0.146 e. The lowest BCUT2D eigenvalue weighted by molar-refractivity contribution is 0.122. The van der Waals surface area contributed by atoms with Crippen LogP contribution in [0.25, 0.3) is 0 Å². The highest BCUT2D eigenvalue weighted by molar-refractivity contribution is 5.50. The quantitative estimate of drug-likeness (QED) is 0.904. The summed E-state index contributed by atoms with van der Waals surface area (Å²) >= 11 is 0. The van der Waals surface area contributed by atoms with E-state index in [9.17, 15) is 4.39 Å². The van der Waals surface area contributed by atoms with Crippen molar-refractivity contribution < 1.29 is 9.13 Å². The second-order valence-corrected chi connectivity index (χ2v) is 5.98. The smallest absolute Gasteiger partial charge is 0.146 e. The number of anilines is 1. The summed E-state index contributed by atoms with van der Waals surface area (Å²) in [4.78, 5) is 2.05. The first-order valence-electron chi connectivity index (χ1n) is 7.61. The van der Waals surface area contributed by atoms with Gasteiger partial charge in [-0.2, -0.15) is 0 Å². The molecule has 4 heteroatoms. The fourth-order valence-corrected chi connectivity index (χ4v) is 3.35. The number of morpholine rings is 1. The third kappa shape index (κ3) is 2.67. The standard InChI is InChI=1S/C16H23FN2O/c17-14-12-13(16(18)6-2-1-3-7-16)4-5-15(14)19-8-10-20-11-9-19/h4-5,12H,1-3,6-11,18H2. The Hall–Kier alpha value is -1.13. The highest BCUT2D eigenvalue weighted by Gasteiger charge is 2.30. The van der Waals surface area contributed by atoms with Gasteiger partial charge in [-0.15, -0.1) is 0 Å². The molecule has 20 heavy (non-hydrogen) atoms. The molecule has 1 saturated carbocycles. The highest BCUT2D eigenvalue weighted by atomic mass is 19.1. The molecule has 1 aromatic rings. The molecule has 0 amide bonds. The van der Waals surface area contributed by atoms with E-state index in [1.165, 1.54) is 6.42 Å². The van der Waals surface area contributed by atoms with E-state index in [0.29, 0.717) is 18.9 Å². The fraction of sp³-hybridized carbons (Fsp3) is 0.625. The van der Waals surface area contributed by atoms with Crippen LogP contribution in [0.15, 0.2) is 18.2 Å².